The Morgan fingerprint density at radius 1 is 1.32 bits per heavy atom. The predicted molar refractivity (Wildman–Crippen MR) is 93.7 cm³/mol. The molecule has 1 aromatic carbocycles. The van der Waals surface area contributed by atoms with Gasteiger partial charge in [-0.05, 0) is 45.4 Å². The lowest BCUT2D eigenvalue weighted by atomic mass is 10.1. The second-order valence-electron chi connectivity index (χ2n) is 6.08. The molecule has 1 amide bonds. The molecule has 0 aliphatic rings. The van der Waals surface area contributed by atoms with Gasteiger partial charge in [0.2, 0.25) is 5.91 Å². The van der Waals surface area contributed by atoms with Crippen molar-refractivity contribution in [2.24, 2.45) is 4.99 Å². The van der Waals surface area contributed by atoms with E-state index >= 15 is 0 Å². The van der Waals surface area contributed by atoms with Crippen LogP contribution in [0.2, 0.25) is 5.02 Å². The van der Waals surface area contributed by atoms with Crippen LogP contribution < -0.4 is 16.0 Å². The maximum Gasteiger partial charge on any atom is 0.226 e. The van der Waals surface area contributed by atoms with Gasteiger partial charge in [0.25, 0.3) is 0 Å². The number of amides is 1. The third-order valence-electron chi connectivity index (χ3n) is 2.90. The summed E-state index contributed by atoms with van der Waals surface area (Å²) in [5.41, 5.74) is 1.53. The zero-order valence-corrected chi connectivity index (χ0v) is 14.6. The highest BCUT2D eigenvalue weighted by molar-refractivity contribution is 6.31. The van der Waals surface area contributed by atoms with E-state index in [2.05, 4.69) is 41.7 Å². The van der Waals surface area contributed by atoms with Crippen LogP contribution in [0.5, 0.6) is 0 Å². The maximum atomic E-state index is 12.0. The molecular formula is C16H25ClN4O. The Balaban J connectivity index is 2.45. The van der Waals surface area contributed by atoms with Crippen LogP contribution in [-0.2, 0) is 4.79 Å². The second kappa shape index (κ2) is 8.03. The highest BCUT2D eigenvalue weighted by Crippen LogP contribution is 2.22. The van der Waals surface area contributed by atoms with E-state index in [0.717, 1.165) is 11.3 Å². The first-order valence-electron chi connectivity index (χ1n) is 7.27. The van der Waals surface area contributed by atoms with Crippen molar-refractivity contribution in [2.45, 2.75) is 39.7 Å². The quantitative estimate of drug-likeness (QED) is 0.589. The van der Waals surface area contributed by atoms with Crippen molar-refractivity contribution in [2.75, 3.05) is 18.9 Å². The first-order chi connectivity index (χ1) is 10.2. The fourth-order valence-electron chi connectivity index (χ4n) is 1.78. The summed E-state index contributed by atoms with van der Waals surface area (Å²) in [7, 11) is 1.70. The van der Waals surface area contributed by atoms with Crippen molar-refractivity contribution in [3.05, 3.63) is 28.8 Å². The highest BCUT2D eigenvalue weighted by atomic mass is 35.5. The molecule has 0 bridgehead atoms. The minimum atomic E-state index is -0.0813. The van der Waals surface area contributed by atoms with E-state index in [9.17, 15) is 4.79 Å². The normalized spacial score (nSPS) is 12.0. The lowest BCUT2D eigenvalue weighted by Crippen LogP contribution is -2.48. The van der Waals surface area contributed by atoms with Crippen LogP contribution in [0.25, 0.3) is 0 Å². The Hall–Kier alpha value is -1.75. The van der Waals surface area contributed by atoms with E-state index in [1.165, 1.54) is 0 Å². The zero-order chi connectivity index (χ0) is 16.8. The maximum absolute atomic E-state index is 12.0. The van der Waals surface area contributed by atoms with Crippen LogP contribution in [-0.4, -0.2) is 31.0 Å². The molecule has 0 unspecified atom stereocenters. The summed E-state index contributed by atoms with van der Waals surface area (Å²) < 4.78 is 0. The number of halogens is 1. The molecule has 0 fully saturated rings. The van der Waals surface area contributed by atoms with Gasteiger partial charge in [0.15, 0.2) is 5.96 Å². The Bertz CT molecular complexity index is 550. The molecule has 0 aromatic heterocycles. The zero-order valence-electron chi connectivity index (χ0n) is 13.9. The Morgan fingerprint density at radius 3 is 2.59 bits per heavy atom. The second-order valence-corrected chi connectivity index (χ2v) is 6.49. The number of nitrogens with zero attached hydrogens (tertiary/aromatic N) is 1. The van der Waals surface area contributed by atoms with Crippen LogP contribution in [0, 0.1) is 6.92 Å². The van der Waals surface area contributed by atoms with Gasteiger partial charge < -0.3 is 16.0 Å². The van der Waals surface area contributed by atoms with Crippen LogP contribution in [0.1, 0.15) is 32.8 Å². The molecule has 0 spiro atoms. The third kappa shape index (κ3) is 6.35. The number of carbonyl (C=O) groups is 1. The van der Waals surface area contributed by atoms with E-state index in [1.54, 1.807) is 13.1 Å². The van der Waals surface area contributed by atoms with Crippen molar-refractivity contribution in [1.29, 1.82) is 0 Å². The van der Waals surface area contributed by atoms with Gasteiger partial charge in [0.05, 0.1) is 0 Å². The summed E-state index contributed by atoms with van der Waals surface area (Å²) in [6.45, 7) is 8.53. The Labute approximate surface area is 137 Å². The van der Waals surface area contributed by atoms with E-state index in [1.807, 2.05) is 19.1 Å². The Morgan fingerprint density at radius 2 is 2.00 bits per heavy atom. The van der Waals surface area contributed by atoms with Crippen molar-refractivity contribution in [3.63, 3.8) is 0 Å². The number of aliphatic imine (C=N–C) groups is 1. The summed E-state index contributed by atoms with van der Waals surface area (Å²) >= 11 is 6.04. The molecule has 0 aliphatic carbocycles. The summed E-state index contributed by atoms with van der Waals surface area (Å²) in [4.78, 5) is 16.1. The van der Waals surface area contributed by atoms with Gasteiger partial charge in [-0.1, -0.05) is 17.7 Å². The highest BCUT2D eigenvalue weighted by Gasteiger charge is 2.12. The van der Waals surface area contributed by atoms with E-state index in [4.69, 9.17) is 11.6 Å². The summed E-state index contributed by atoms with van der Waals surface area (Å²) in [5, 5.41) is 9.87. The molecule has 0 aliphatic heterocycles. The first kappa shape index (κ1) is 18.3. The van der Waals surface area contributed by atoms with E-state index in [-0.39, 0.29) is 11.4 Å². The standard InChI is InChI=1S/C16H25ClN4O/c1-11-12(17)7-6-8-13(11)20-14(22)9-10-19-15(18-5)21-16(2,3)4/h6-8H,9-10H2,1-5H3,(H,20,22)(H2,18,19,21). The molecule has 3 N–H and O–H groups in total. The molecule has 22 heavy (non-hydrogen) atoms. The van der Waals surface area contributed by atoms with Gasteiger partial charge in [0.1, 0.15) is 0 Å². The topological polar surface area (TPSA) is 65.5 Å². The lowest BCUT2D eigenvalue weighted by Gasteiger charge is -2.23. The molecule has 0 radical (unpaired) electrons. The molecule has 0 heterocycles. The number of benzene rings is 1. The minimum Gasteiger partial charge on any atom is -0.356 e. The van der Waals surface area contributed by atoms with Crippen LogP contribution in [0.15, 0.2) is 23.2 Å². The smallest absolute Gasteiger partial charge is 0.226 e. The number of hydrogen-bond acceptors (Lipinski definition) is 2. The number of anilines is 1. The average Bonchev–Trinajstić information content (AvgIpc) is 2.41. The minimum absolute atomic E-state index is 0.0657. The molecule has 1 rings (SSSR count). The molecule has 5 nitrogen and oxygen atoms in total. The number of carbonyl (C=O) groups excluding carboxylic acids is 1. The van der Waals surface area contributed by atoms with E-state index in [0.29, 0.717) is 23.9 Å². The van der Waals surface area contributed by atoms with Gasteiger partial charge in [0, 0.05) is 36.3 Å². The summed E-state index contributed by atoms with van der Waals surface area (Å²) in [6.07, 6.45) is 0.344. The van der Waals surface area contributed by atoms with Crippen molar-refractivity contribution in [1.82, 2.24) is 10.6 Å². The predicted octanol–water partition coefficient (Wildman–Crippen LogP) is 2.94. The Kier molecular flexibility index (Phi) is 6.68. The third-order valence-corrected chi connectivity index (χ3v) is 3.31. The van der Waals surface area contributed by atoms with Gasteiger partial charge in [-0.15, -0.1) is 0 Å². The number of nitrogens with one attached hydrogen (secondary N) is 3. The van der Waals surface area contributed by atoms with Crippen LogP contribution in [0.4, 0.5) is 5.69 Å². The fourth-order valence-corrected chi connectivity index (χ4v) is 1.96. The van der Waals surface area contributed by atoms with Crippen LogP contribution in [0.3, 0.4) is 0 Å². The van der Waals surface area contributed by atoms with Crippen LogP contribution >= 0.6 is 11.6 Å². The van der Waals surface area contributed by atoms with Crippen molar-refractivity contribution in [3.8, 4) is 0 Å². The monoisotopic (exact) mass is 324 g/mol. The number of guanidine groups is 1. The van der Waals surface area contributed by atoms with Crippen molar-refractivity contribution < 1.29 is 4.79 Å². The molecule has 0 saturated heterocycles. The summed E-state index contributed by atoms with van der Waals surface area (Å²) in [5.74, 6) is 0.614. The molecule has 122 valence electrons. The SMILES string of the molecule is CN=C(NCCC(=O)Nc1cccc(Cl)c1C)NC(C)(C)C. The average molecular weight is 325 g/mol. The van der Waals surface area contributed by atoms with E-state index < -0.39 is 0 Å². The number of rotatable bonds is 4. The summed E-state index contributed by atoms with van der Waals surface area (Å²) in [6, 6.07) is 5.46. The molecule has 0 saturated carbocycles. The van der Waals surface area contributed by atoms with Gasteiger partial charge >= 0.3 is 0 Å². The van der Waals surface area contributed by atoms with Gasteiger partial charge in [-0.3, -0.25) is 9.79 Å². The largest absolute Gasteiger partial charge is 0.356 e. The fraction of sp³-hybridized carbons (Fsp3) is 0.500. The lowest BCUT2D eigenvalue weighted by molar-refractivity contribution is -0.116. The molecule has 0 atom stereocenters. The molecule has 6 heteroatoms. The van der Waals surface area contributed by atoms with Gasteiger partial charge in [-0.2, -0.15) is 0 Å². The molecular weight excluding hydrogens is 300 g/mol. The first-order valence-corrected chi connectivity index (χ1v) is 7.64. The molecule has 1 aromatic rings. The number of hydrogen-bond donors (Lipinski definition) is 3. The van der Waals surface area contributed by atoms with Crippen molar-refractivity contribution >= 4 is 29.2 Å². The van der Waals surface area contributed by atoms with Gasteiger partial charge in [-0.25, -0.2) is 0 Å².